The first kappa shape index (κ1) is 12.4. The average Bonchev–Trinajstić information content (AvgIpc) is 2.15. The Balaban J connectivity index is 2.90. The fourth-order valence-corrected chi connectivity index (χ4v) is 1.76. The maximum atomic E-state index is 10.8. The molecule has 0 aromatic heterocycles. The number of rotatable bonds is 3. The van der Waals surface area contributed by atoms with Gasteiger partial charge in [-0.05, 0) is 12.5 Å². The Morgan fingerprint density at radius 2 is 1.73 bits per heavy atom. The van der Waals surface area contributed by atoms with Gasteiger partial charge in [0.1, 0.15) is 0 Å². The number of hydrogen-bond donors (Lipinski definition) is 4. The molecule has 0 saturated carbocycles. The van der Waals surface area contributed by atoms with Gasteiger partial charge in [0.15, 0.2) is 5.85 Å². The van der Waals surface area contributed by atoms with Crippen LogP contribution in [0.1, 0.15) is 17.2 Å². The van der Waals surface area contributed by atoms with E-state index in [-0.39, 0.29) is 0 Å². The molecule has 5 N–H and O–H groups in total. The molecule has 0 aliphatic heterocycles. The highest BCUT2D eigenvalue weighted by atomic mass is 31.2. The molecule has 6 heteroatoms. The summed E-state index contributed by atoms with van der Waals surface area (Å²) in [5.41, 5.74) is 7.04. The van der Waals surface area contributed by atoms with E-state index in [1.807, 2.05) is 6.92 Å². The van der Waals surface area contributed by atoms with Gasteiger partial charge in [0.05, 0.1) is 6.04 Å². The molecular formula is C9H14NO4P. The van der Waals surface area contributed by atoms with Crippen LogP contribution in [0.3, 0.4) is 0 Å². The molecule has 2 unspecified atom stereocenters. The molecule has 0 spiro atoms. The van der Waals surface area contributed by atoms with Crippen LogP contribution in [0.15, 0.2) is 24.3 Å². The minimum absolute atomic E-state index is 0.497. The van der Waals surface area contributed by atoms with E-state index in [9.17, 15) is 9.67 Å². The lowest BCUT2D eigenvalue weighted by molar-refractivity contribution is 0.177. The fraction of sp³-hybridized carbons (Fsp3) is 0.333. The second kappa shape index (κ2) is 4.43. The van der Waals surface area contributed by atoms with E-state index in [4.69, 9.17) is 15.5 Å². The van der Waals surface area contributed by atoms with Gasteiger partial charge in [0.2, 0.25) is 0 Å². The average molecular weight is 231 g/mol. The van der Waals surface area contributed by atoms with Crippen molar-refractivity contribution in [3.63, 3.8) is 0 Å². The molecule has 84 valence electrons. The molecule has 0 radical (unpaired) electrons. The zero-order valence-electron chi connectivity index (χ0n) is 8.24. The Morgan fingerprint density at radius 1 is 1.27 bits per heavy atom. The molecule has 1 rings (SSSR count). The van der Waals surface area contributed by atoms with E-state index in [2.05, 4.69) is 0 Å². The van der Waals surface area contributed by atoms with Gasteiger partial charge in [-0.2, -0.15) is 0 Å². The Bertz CT molecular complexity index is 372. The van der Waals surface area contributed by atoms with Crippen LogP contribution in [0.4, 0.5) is 0 Å². The number of aryl methyl sites for hydroxylation is 1. The normalized spacial score (nSPS) is 16.1. The summed E-state index contributed by atoms with van der Waals surface area (Å²) in [5.74, 6) is -1.86. The Labute approximate surface area is 87.7 Å². The highest BCUT2D eigenvalue weighted by molar-refractivity contribution is 7.52. The summed E-state index contributed by atoms with van der Waals surface area (Å²) in [7, 11) is -4.56. The van der Waals surface area contributed by atoms with Crippen molar-refractivity contribution in [2.45, 2.75) is 18.8 Å². The molecule has 0 heterocycles. The number of hydrogen-bond acceptors (Lipinski definition) is 3. The maximum absolute atomic E-state index is 10.8. The summed E-state index contributed by atoms with van der Waals surface area (Å²) in [6.45, 7) is 1.88. The minimum atomic E-state index is -4.56. The van der Waals surface area contributed by atoms with E-state index in [0.29, 0.717) is 5.56 Å². The molecule has 1 aromatic carbocycles. The van der Waals surface area contributed by atoms with Gasteiger partial charge in [-0.1, -0.05) is 29.8 Å². The Hall–Kier alpha value is -0.710. The summed E-state index contributed by atoms with van der Waals surface area (Å²) in [6, 6.07) is 5.73. The van der Waals surface area contributed by atoms with Gasteiger partial charge in [0, 0.05) is 0 Å². The van der Waals surface area contributed by atoms with Gasteiger partial charge in [-0.15, -0.1) is 0 Å². The van der Waals surface area contributed by atoms with Crippen molar-refractivity contribution in [3.05, 3.63) is 35.4 Å². The molecular weight excluding hydrogens is 217 g/mol. The number of benzene rings is 1. The monoisotopic (exact) mass is 231 g/mol. The molecule has 0 aliphatic carbocycles. The van der Waals surface area contributed by atoms with E-state index in [1.165, 1.54) is 0 Å². The van der Waals surface area contributed by atoms with E-state index in [0.717, 1.165) is 5.56 Å². The minimum Gasteiger partial charge on any atom is -0.379 e. The van der Waals surface area contributed by atoms with Crippen molar-refractivity contribution >= 4 is 7.60 Å². The van der Waals surface area contributed by atoms with Crippen molar-refractivity contribution in [3.8, 4) is 0 Å². The standard InChI is InChI=1S/C9H14NO4P/c1-6-2-4-7(5-3-6)8(10)9(11)15(12,13)14/h2-5,8-9,11H,10H2,1H3,(H2,12,13,14). The highest BCUT2D eigenvalue weighted by Gasteiger charge is 2.32. The van der Waals surface area contributed by atoms with Crippen LogP contribution >= 0.6 is 7.60 Å². The fourth-order valence-electron chi connectivity index (χ4n) is 1.17. The third-order valence-corrected chi connectivity index (χ3v) is 3.14. The van der Waals surface area contributed by atoms with Crippen LogP contribution in [0, 0.1) is 6.92 Å². The molecule has 15 heavy (non-hydrogen) atoms. The summed E-state index contributed by atoms with van der Waals surface area (Å²) in [6.07, 6.45) is 0. The first-order valence-electron chi connectivity index (χ1n) is 4.38. The number of aliphatic hydroxyl groups excluding tert-OH is 1. The Morgan fingerprint density at radius 3 is 2.13 bits per heavy atom. The van der Waals surface area contributed by atoms with Crippen molar-refractivity contribution in [2.75, 3.05) is 0 Å². The van der Waals surface area contributed by atoms with E-state index < -0.39 is 19.5 Å². The SMILES string of the molecule is Cc1ccc(C(N)C(O)P(=O)(O)O)cc1. The number of nitrogens with two attached hydrogens (primary N) is 1. The summed E-state index contributed by atoms with van der Waals surface area (Å²) < 4.78 is 10.8. The van der Waals surface area contributed by atoms with Gasteiger partial charge in [-0.25, -0.2) is 0 Å². The number of aliphatic hydroxyl groups is 1. The lowest BCUT2D eigenvalue weighted by Crippen LogP contribution is -2.26. The second-order valence-corrected chi connectivity index (χ2v) is 5.15. The van der Waals surface area contributed by atoms with Gasteiger partial charge in [0.25, 0.3) is 0 Å². The van der Waals surface area contributed by atoms with Crippen LogP contribution in [-0.2, 0) is 4.57 Å². The van der Waals surface area contributed by atoms with Crippen molar-refractivity contribution in [1.29, 1.82) is 0 Å². The second-order valence-electron chi connectivity index (χ2n) is 3.44. The van der Waals surface area contributed by atoms with Gasteiger partial charge >= 0.3 is 7.60 Å². The van der Waals surface area contributed by atoms with Crippen molar-refractivity contribution < 1.29 is 19.5 Å². The highest BCUT2D eigenvalue weighted by Crippen LogP contribution is 2.44. The molecule has 2 atom stereocenters. The van der Waals surface area contributed by atoms with E-state index >= 15 is 0 Å². The zero-order valence-corrected chi connectivity index (χ0v) is 9.13. The predicted octanol–water partition coefficient (Wildman–Crippen LogP) is 0.491. The lowest BCUT2D eigenvalue weighted by atomic mass is 10.1. The third-order valence-electron chi connectivity index (χ3n) is 2.13. The van der Waals surface area contributed by atoms with Gasteiger partial charge < -0.3 is 20.6 Å². The van der Waals surface area contributed by atoms with Crippen molar-refractivity contribution in [1.82, 2.24) is 0 Å². The molecule has 0 fully saturated rings. The van der Waals surface area contributed by atoms with Crippen LogP contribution in [0.25, 0.3) is 0 Å². The third kappa shape index (κ3) is 3.12. The topological polar surface area (TPSA) is 104 Å². The molecule has 0 saturated heterocycles. The zero-order chi connectivity index (χ0) is 11.6. The predicted molar refractivity (Wildman–Crippen MR) is 56.2 cm³/mol. The maximum Gasteiger partial charge on any atom is 0.355 e. The lowest BCUT2D eigenvalue weighted by Gasteiger charge is -2.20. The summed E-state index contributed by atoms with van der Waals surface area (Å²) >= 11 is 0. The van der Waals surface area contributed by atoms with E-state index in [1.54, 1.807) is 24.3 Å². The van der Waals surface area contributed by atoms with Crippen LogP contribution < -0.4 is 5.73 Å². The van der Waals surface area contributed by atoms with Gasteiger partial charge in [-0.3, -0.25) is 4.57 Å². The van der Waals surface area contributed by atoms with Crippen LogP contribution in [0.2, 0.25) is 0 Å². The first-order chi connectivity index (χ1) is 6.82. The van der Waals surface area contributed by atoms with Crippen LogP contribution in [0.5, 0.6) is 0 Å². The molecule has 0 amide bonds. The van der Waals surface area contributed by atoms with Crippen LogP contribution in [-0.4, -0.2) is 20.7 Å². The Kier molecular flexibility index (Phi) is 3.65. The smallest absolute Gasteiger partial charge is 0.355 e. The first-order valence-corrected chi connectivity index (χ1v) is 6.06. The molecule has 0 bridgehead atoms. The summed E-state index contributed by atoms with van der Waals surface area (Å²) in [4.78, 5) is 17.5. The molecule has 1 aromatic rings. The van der Waals surface area contributed by atoms with Crippen molar-refractivity contribution in [2.24, 2.45) is 5.73 Å². The molecule has 5 nitrogen and oxygen atoms in total. The summed E-state index contributed by atoms with van der Waals surface area (Å²) in [5, 5.41) is 9.29. The largest absolute Gasteiger partial charge is 0.379 e. The quantitative estimate of drug-likeness (QED) is 0.567. The molecule has 0 aliphatic rings.